The highest BCUT2D eigenvalue weighted by Gasteiger charge is 2.42. The molecule has 1 aliphatic rings. The molecule has 0 unspecified atom stereocenters. The van der Waals surface area contributed by atoms with Gasteiger partial charge in [0.05, 0.1) is 5.41 Å². The van der Waals surface area contributed by atoms with E-state index in [9.17, 15) is 5.11 Å². The number of benzene rings is 1. The van der Waals surface area contributed by atoms with Crippen LogP contribution in [0, 0.1) is 0 Å². The van der Waals surface area contributed by atoms with Gasteiger partial charge in [0.2, 0.25) is 6.29 Å². The molecule has 1 atom stereocenters. The quantitative estimate of drug-likeness (QED) is 0.817. The van der Waals surface area contributed by atoms with Crippen LogP contribution >= 0.6 is 0 Å². The highest BCUT2D eigenvalue weighted by Crippen LogP contribution is 2.45. The molecule has 0 saturated heterocycles. The van der Waals surface area contributed by atoms with Crippen molar-refractivity contribution in [2.24, 2.45) is 0 Å². The molecular formula is C14H18O3. The summed E-state index contributed by atoms with van der Waals surface area (Å²) in [5.74, 6) is 1.08. The first-order chi connectivity index (χ1) is 8.00. The molecule has 0 fully saturated rings. The number of allylic oxidation sites excluding steroid dienone is 1. The Balaban J connectivity index is 2.48. The van der Waals surface area contributed by atoms with Crippen LogP contribution in [0.3, 0.4) is 0 Å². The number of aromatic hydroxyl groups is 1. The van der Waals surface area contributed by atoms with Gasteiger partial charge in [-0.1, -0.05) is 6.08 Å². The van der Waals surface area contributed by atoms with E-state index in [4.69, 9.17) is 9.47 Å². The van der Waals surface area contributed by atoms with Crippen LogP contribution in [0.2, 0.25) is 0 Å². The lowest BCUT2D eigenvalue weighted by Crippen LogP contribution is -2.33. The summed E-state index contributed by atoms with van der Waals surface area (Å²) in [6, 6.07) is 3.64. The Hall–Kier alpha value is -1.48. The van der Waals surface area contributed by atoms with Gasteiger partial charge in [-0.25, -0.2) is 0 Å². The highest BCUT2D eigenvalue weighted by atomic mass is 16.7. The predicted molar refractivity (Wildman–Crippen MR) is 66.5 cm³/mol. The topological polar surface area (TPSA) is 38.7 Å². The summed E-state index contributed by atoms with van der Waals surface area (Å²) in [5.41, 5.74) is 1.55. The number of hydrogen-bond acceptors (Lipinski definition) is 3. The summed E-state index contributed by atoms with van der Waals surface area (Å²) >= 11 is 0. The Labute approximate surface area is 102 Å². The minimum Gasteiger partial charge on any atom is -0.508 e. The van der Waals surface area contributed by atoms with Crippen molar-refractivity contribution in [2.75, 3.05) is 7.11 Å². The molecular weight excluding hydrogens is 216 g/mol. The van der Waals surface area contributed by atoms with Gasteiger partial charge >= 0.3 is 0 Å². The highest BCUT2D eigenvalue weighted by molar-refractivity contribution is 5.52. The van der Waals surface area contributed by atoms with Crippen molar-refractivity contribution in [3.63, 3.8) is 0 Å². The van der Waals surface area contributed by atoms with E-state index in [-0.39, 0.29) is 17.5 Å². The molecule has 1 aromatic carbocycles. The van der Waals surface area contributed by atoms with E-state index < -0.39 is 0 Å². The minimum atomic E-state index is -0.309. The van der Waals surface area contributed by atoms with Crippen molar-refractivity contribution in [3.8, 4) is 11.5 Å². The van der Waals surface area contributed by atoms with Gasteiger partial charge in [0.1, 0.15) is 11.5 Å². The van der Waals surface area contributed by atoms with Gasteiger partial charge in [-0.15, -0.1) is 6.58 Å². The van der Waals surface area contributed by atoms with Crippen molar-refractivity contribution in [3.05, 3.63) is 35.9 Å². The fraction of sp³-hybridized carbons (Fsp3) is 0.429. The maximum atomic E-state index is 9.95. The van der Waals surface area contributed by atoms with Crippen molar-refractivity contribution >= 4 is 0 Å². The van der Waals surface area contributed by atoms with E-state index in [1.807, 2.05) is 19.9 Å². The number of hydrogen-bond donors (Lipinski definition) is 1. The Morgan fingerprint density at radius 2 is 2.24 bits per heavy atom. The smallest absolute Gasteiger partial charge is 0.208 e. The van der Waals surface area contributed by atoms with E-state index in [0.717, 1.165) is 16.9 Å². The lowest BCUT2D eigenvalue weighted by molar-refractivity contribution is -0.0779. The molecule has 3 nitrogen and oxygen atoms in total. The van der Waals surface area contributed by atoms with Gasteiger partial charge in [0.15, 0.2) is 0 Å². The van der Waals surface area contributed by atoms with Crippen LogP contribution < -0.4 is 4.74 Å². The lowest BCUT2D eigenvalue weighted by Gasteiger charge is -2.24. The molecule has 0 bridgehead atoms. The maximum Gasteiger partial charge on any atom is 0.208 e. The second-order valence-electron chi connectivity index (χ2n) is 4.88. The molecule has 0 radical (unpaired) electrons. The molecule has 1 aliphatic heterocycles. The molecule has 1 heterocycles. The Bertz CT molecular complexity index is 449. The van der Waals surface area contributed by atoms with Gasteiger partial charge in [-0.05, 0) is 32.4 Å². The molecule has 0 saturated carbocycles. The third-order valence-corrected chi connectivity index (χ3v) is 3.28. The van der Waals surface area contributed by atoms with Crippen molar-refractivity contribution in [1.29, 1.82) is 0 Å². The predicted octanol–water partition coefficient (Wildman–Crippen LogP) is 2.76. The Kier molecular flexibility index (Phi) is 2.87. The molecule has 92 valence electrons. The standard InChI is InChI=1S/C14H18O3/c1-5-6-9-7-12-10(8-11(9)15)14(2,3)13(16-4)17-12/h5,7-8,13,15H,1,6H2,2-4H3/t13-/m0/s1. The van der Waals surface area contributed by atoms with E-state index >= 15 is 0 Å². The number of phenolic OH excluding ortho intramolecular Hbond substituents is 1. The number of fused-ring (bicyclic) bond motifs is 1. The number of rotatable bonds is 3. The van der Waals surface area contributed by atoms with Gasteiger partial charge in [-0.3, -0.25) is 0 Å². The molecule has 1 N–H and O–H groups in total. The number of ether oxygens (including phenoxy) is 2. The Morgan fingerprint density at radius 1 is 1.53 bits per heavy atom. The van der Waals surface area contributed by atoms with Crippen molar-refractivity contribution in [2.45, 2.75) is 32.0 Å². The van der Waals surface area contributed by atoms with Crippen LogP contribution in [0.1, 0.15) is 25.0 Å². The van der Waals surface area contributed by atoms with Gasteiger partial charge < -0.3 is 14.6 Å². The van der Waals surface area contributed by atoms with Crippen LogP contribution in [0.15, 0.2) is 24.8 Å². The fourth-order valence-corrected chi connectivity index (χ4v) is 2.26. The van der Waals surface area contributed by atoms with E-state index in [0.29, 0.717) is 6.42 Å². The van der Waals surface area contributed by atoms with E-state index in [1.54, 1.807) is 19.3 Å². The van der Waals surface area contributed by atoms with Gasteiger partial charge in [-0.2, -0.15) is 0 Å². The zero-order valence-corrected chi connectivity index (χ0v) is 10.5. The number of phenols is 1. The monoisotopic (exact) mass is 234 g/mol. The molecule has 3 heteroatoms. The summed E-state index contributed by atoms with van der Waals surface area (Å²) < 4.78 is 11.1. The zero-order chi connectivity index (χ0) is 12.6. The Morgan fingerprint density at radius 3 is 2.82 bits per heavy atom. The second-order valence-corrected chi connectivity index (χ2v) is 4.88. The minimum absolute atomic E-state index is 0.256. The SMILES string of the molecule is C=CCc1cc2c(cc1O)C(C)(C)[C@@H](OC)O2. The largest absolute Gasteiger partial charge is 0.508 e. The van der Waals surface area contributed by atoms with Gasteiger partial charge in [0.25, 0.3) is 0 Å². The summed E-state index contributed by atoms with van der Waals surface area (Å²) in [7, 11) is 1.63. The molecule has 0 aliphatic carbocycles. The van der Waals surface area contributed by atoms with Crippen molar-refractivity contribution < 1.29 is 14.6 Å². The summed E-state index contributed by atoms with van der Waals surface area (Å²) in [6.45, 7) is 7.76. The second kappa shape index (κ2) is 4.08. The molecule has 2 rings (SSSR count). The average Bonchev–Trinajstić information content (AvgIpc) is 2.52. The number of methoxy groups -OCH3 is 1. The molecule has 0 spiro atoms. The van der Waals surface area contributed by atoms with Crippen LogP contribution in [0.25, 0.3) is 0 Å². The summed E-state index contributed by atoms with van der Waals surface area (Å²) in [6.07, 6.45) is 2.08. The summed E-state index contributed by atoms with van der Waals surface area (Å²) in [4.78, 5) is 0. The van der Waals surface area contributed by atoms with Gasteiger partial charge in [0, 0.05) is 18.2 Å². The molecule has 0 aromatic heterocycles. The van der Waals surface area contributed by atoms with E-state index in [2.05, 4.69) is 6.58 Å². The van der Waals surface area contributed by atoms with Crippen LogP contribution in [-0.2, 0) is 16.6 Å². The van der Waals surface area contributed by atoms with Crippen molar-refractivity contribution in [1.82, 2.24) is 0 Å². The third kappa shape index (κ3) is 1.80. The van der Waals surface area contributed by atoms with Crippen LogP contribution in [0.4, 0.5) is 0 Å². The third-order valence-electron chi connectivity index (χ3n) is 3.28. The first kappa shape index (κ1) is 12.0. The summed E-state index contributed by atoms with van der Waals surface area (Å²) in [5, 5.41) is 9.95. The van der Waals surface area contributed by atoms with Crippen LogP contribution in [-0.4, -0.2) is 18.5 Å². The maximum absolute atomic E-state index is 9.95. The zero-order valence-electron chi connectivity index (χ0n) is 10.5. The molecule has 1 aromatic rings. The lowest BCUT2D eigenvalue weighted by atomic mass is 9.84. The average molecular weight is 234 g/mol. The normalized spacial score (nSPS) is 20.8. The molecule has 17 heavy (non-hydrogen) atoms. The molecule has 0 amide bonds. The van der Waals surface area contributed by atoms with Crippen LogP contribution in [0.5, 0.6) is 11.5 Å². The fourth-order valence-electron chi connectivity index (χ4n) is 2.26. The van der Waals surface area contributed by atoms with E-state index in [1.165, 1.54) is 0 Å². The first-order valence-corrected chi connectivity index (χ1v) is 5.67. The first-order valence-electron chi connectivity index (χ1n) is 5.67.